The topological polar surface area (TPSA) is 55.1 Å². The number of aromatic nitrogens is 1. The van der Waals surface area contributed by atoms with Crippen LogP contribution in [-0.2, 0) is 17.6 Å². The third kappa shape index (κ3) is 2.94. The lowest BCUT2D eigenvalue weighted by Gasteiger charge is -2.03. The van der Waals surface area contributed by atoms with Crippen molar-refractivity contribution in [3.05, 3.63) is 60.0 Å². The number of fused-ring (bicyclic) bond motifs is 1. The highest BCUT2D eigenvalue weighted by atomic mass is 16.3. The Hall–Kier alpha value is -2.62. The summed E-state index contributed by atoms with van der Waals surface area (Å²) in [6, 6.07) is 11.5. The van der Waals surface area contributed by atoms with Gasteiger partial charge in [0.1, 0.15) is 11.4 Å². The van der Waals surface area contributed by atoms with Crippen molar-refractivity contribution in [2.45, 2.75) is 19.8 Å². The first-order valence-electron chi connectivity index (χ1n) is 6.96. The molecule has 0 unspecified atom stereocenters. The highest BCUT2D eigenvalue weighted by molar-refractivity contribution is 5.94. The maximum absolute atomic E-state index is 12.1. The Morgan fingerprint density at radius 1 is 1.29 bits per heavy atom. The van der Waals surface area contributed by atoms with Gasteiger partial charge < -0.3 is 9.73 Å². The van der Waals surface area contributed by atoms with Gasteiger partial charge in [0.15, 0.2) is 0 Å². The van der Waals surface area contributed by atoms with Crippen molar-refractivity contribution in [2.24, 2.45) is 0 Å². The maximum atomic E-state index is 12.1. The summed E-state index contributed by atoms with van der Waals surface area (Å²) in [7, 11) is 0. The average molecular weight is 280 g/mol. The van der Waals surface area contributed by atoms with Crippen molar-refractivity contribution < 1.29 is 9.21 Å². The van der Waals surface area contributed by atoms with Crippen LogP contribution in [0.5, 0.6) is 0 Å². The van der Waals surface area contributed by atoms with Gasteiger partial charge in [-0.05, 0) is 36.2 Å². The fraction of sp³-hybridized carbons (Fsp3) is 0.176. The maximum Gasteiger partial charge on any atom is 0.230 e. The number of nitrogens with one attached hydrogen (secondary N) is 1. The Morgan fingerprint density at radius 3 is 2.95 bits per heavy atom. The normalized spacial score (nSPS) is 10.7. The van der Waals surface area contributed by atoms with Gasteiger partial charge in [-0.2, -0.15) is 0 Å². The molecule has 1 amide bonds. The lowest BCUT2D eigenvalue weighted by molar-refractivity contribution is -0.115. The minimum Gasteiger partial charge on any atom is -0.464 e. The molecule has 0 spiro atoms. The number of hydrogen-bond donors (Lipinski definition) is 1. The molecule has 0 fully saturated rings. The predicted molar refractivity (Wildman–Crippen MR) is 82.2 cm³/mol. The molecule has 0 bridgehead atoms. The van der Waals surface area contributed by atoms with Crippen molar-refractivity contribution in [3.63, 3.8) is 0 Å². The standard InChI is InChI=1S/C17H16N2O2/c1-2-12-6-7-15-14(9-12)13(11-21-15)10-17(20)19-16-5-3-4-8-18-16/h3-9,11H,2,10H2,1H3,(H,18,19,20). The first-order chi connectivity index (χ1) is 10.3. The molecule has 3 rings (SSSR count). The van der Waals surface area contributed by atoms with E-state index in [4.69, 9.17) is 4.42 Å². The number of furan rings is 1. The number of pyridine rings is 1. The van der Waals surface area contributed by atoms with E-state index in [1.54, 1.807) is 18.5 Å². The summed E-state index contributed by atoms with van der Waals surface area (Å²) in [6.07, 6.45) is 4.54. The van der Waals surface area contributed by atoms with Gasteiger partial charge in [-0.25, -0.2) is 4.98 Å². The fourth-order valence-corrected chi connectivity index (χ4v) is 2.28. The second-order valence-corrected chi connectivity index (χ2v) is 4.88. The molecule has 0 aliphatic heterocycles. The van der Waals surface area contributed by atoms with Gasteiger partial charge >= 0.3 is 0 Å². The molecule has 2 heterocycles. The molecule has 4 nitrogen and oxygen atoms in total. The van der Waals surface area contributed by atoms with Crippen molar-refractivity contribution in [2.75, 3.05) is 5.32 Å². The van der Waals surface area contributed by atoms with E-state index in [1.807, 2.05) is 24.3 Å². The van der Waals surface area contributed by atoms with Crippen molar-refractivity contribution >= 4 is 22.7 Å². The van der Waals surface area contributed by atoms with Crippen LogP contribution in [0.25, 0.3) is 11.0 Å². The molecule has 21 heavy (non-hydrogen) atoms. The van der Waals surface area contributed by atoms with Crippen LogP contribution in [0.15, 0.2) is 53.3 Å². The second-order valence-electron chi connectivity index (χ2n) is 4.88. The van der Waals surface area contributed by atoms with Crippen LogP contribution >= 0.6 is 0 Å². The van der Waals surface area contributed by atoms with Crippen molar-refractivity contribution in [3.8, 4) is 0 Å². The van der Waals surface area contributed by atoms with Gasteiger partial charge in [-0.3, -0.25) is 4.79 Å². The molecular weight excluding hydrogens is 264 g/mol. The quantitative estimate of drug-likeness (QED) is 0.794. The third-order valence-corrected chi connectivity index (χ3v) is 3.41. The number of rotatable bonds is 4. The first-order valence-corrected chi connectivity index (χ1v) is 6.96. The summed E-state index contributed by atoms with van der Waals surface area (Å²) in [5.74, 6) is 0.461. The number of carbonyl (C=O) groups excluding carboxylic acids is 1. The van der Waals surface area contributed by atoms with E-state index in [0.717, 1.165) is 23.0 Å². The molecule has 0 atom stereocenters. The molecule has 0 aliphatic carbocycles. The van der Waals surface area contributed by atoms with Crippen LogP contribution in [0.2, 0.25) is 0 Å². The van der Waals surface area contributed by atoms with Crippen LogP contribution in [0.1, 0.15) is 18.1 Å². The molecule has 3 aromatic rings. The fourth-order valence-electron chi connectivity index (χ4n) is 2.28. The van der Waals surface area contributed by atoms with Crippen LogP contribution in [-0.4, -0.2) is 10.9 Å². The number of benzene rings is 1. The Morgan fingerprint density at radius 2 is 2.19 bits per heavy atom. The smallest absolute Gasteiger partial charge is 0.230 e. The molecule has 0 saturated heterocycles. The van der Waals surface area contributed by atoms with Crippen LogP contribution < -0.4 is 5.32 Å². The van der Waals surface area contributed by atoms with E-state index in [2.05, 4.69) is 23.3 Å². The molecule has 1 aromatic carbocycles. The number of aryl methyl sites for hydroxylation is 1. The van der Waals surface area contributed by atoms with Crippen molar-refractivity contribution in [1.29, 1.82) is 0 Å². The number of nitrogens with zero attached hydrogens (tertiary/aromatic N) is 1. The summed E-state index contributed by atoms with van der Waals surface area (Å²) < 4.78 is 5.50. The SMILES string of the molecule is CCc1ccc2occ(CC(=O)Nc3ccccn3)c2c1. The zero-order valence-corrected chi connectivity index (χ0v) is 11.8. The second kappa shape index (κ2) is 5.79. The van der Waals surface area contributed by atoms with Crippen LogP contribution in [0.4, 0.5) is 5.82 Å². The Kier molecular flexibility index (Phi) is 3.69. The zero-order chi connectivity index (χ0) is 14.7. The average Bonchev–Trinajstić information content (AvgIpc) is 2.90. The molecule has 4 heteroatoms. The molecule has 0 saturated carbocycles. The van der Waals surface area contributed by atoms with E-state index in [-0.39, 0.29) is 12.3 Å². The molecular formula is C17H16N2O2. The van der Waals surface area contributed by atoms with Gasteiger partial charge in [0.25, 0.3) is 0 Å². The first kappa shape index (κ1) is 13.4. The monoisotopic (exact) mass is 280 g/mol. The number of hydrogen-bond acceptors (Lipinski definition) is 3. The summed E-state index contributed by atoms with van der Waals surface area (Å²) in [5, 5.41) is 3.79. The molecule has 0 radical (unpaired) electrons. The Balaban J connectivity index is 1.79. The van der Waals surface area contributed by atoms with Crippen molar-refractivity contribution in [1.82, 2.24) is 4.98 Å². The Labute approximate surface area is 122 Å². The minimum atomic E-state index is -0.0988. The van der Waals surface area contributed by atoms with Gasteiger partial charge in [0.05, 0.1) is 12.7 Å². The summed E-state index contributed by atoms with van der Waals surface area (Å²) in [4.78, 5) is 16.2. The van der Waals surface area contributed by atoms with E-state index in [9.17, 15) is 4.79 Å². The lowest BCUT2D eigenvalue weighted by Crippen LogP contribution is -2.14. The molecule has 0 aliphatic rings. The van der Waals surface area contributed by atoms with E-state index >= 15 is 0 Å². The van der Waals surface area contributed by atoms with E-state index in [0.29, 0.717) is 5.82 Å². The molecule has 2 aromatic heterocycles. The predicted octanol–water partition coefficient (Wildman–Crippen LogP) is 3.57. The summed E-state index contributed by atoms with van der Waals surface area (Å²) >= 11 is 0. The highest BCUT2D eigenvalue weighted by Crippen LogP contribution is 2.23. The van der Waals surface area contributed by atoms with Crippen LogP contribution in [0.3, 0.4) is 0 Å². The highest BCUT2D eigenvalue weighted by Gasteiger charge is 2.11. The molecule has 1 N–H and O–H groups in total. The zero-order valence-electron chi connectivity index (χ0n) is 11.8. The third-order valence-electron chi connectivity index (χ3n) is 3.41. The van der Waals surface area contributed by atoms with Gasteiger partial charge in [0.2, 0.25) is 5.91 Å². The Bertz CT molecular complexity index is 763. The molecule has 106 valence electrons. The summed E-state index contributed by atoms with van der Waals surface area (Å²) in [5.41, 5.74) is 2.94. The number of amides is 1. The largest absolute Gasteiger partial charge is 0.464 e. The van der Waals surface area contributed by atoms with Gasteiger partial charge in [-0.15, -0.1) is 0 Å². The van der Waals surface area contributed by atoms with Crippen LogP contribution in [0, 0.1) is 0 Å². The van der Waals surface area contributed by atoms with Gasteiger partial charge in [-0.1, -0.05) is 19.1 Å². The number of anilines is 1. The van der Waals surface area contributed by atoms with Gasteiger partial charge in [0, 0.05) is 17.1 Å². The minimum absolute atomic E-state index is 0.0988. The summed E-state index contributed by atoms with van der Waals surface area (Å²) in [6.45, 7) is 2.11. The lowest BCUT2D eigenvalue weighted by atomic mass is 10.1. The number of carbonyl (C=O) groups is 1. The van der Waals surface area contributed by atoms with E-state index in [1.165, 1.54) is 5.56 Å². The van der Waals surface area contributed by atoms with E-state index < -0.39 is 0 Å².